The Morgan fingerprint density at radius 3 is 2.33 bits per heavy atom. The third-order valence-electron chi connectivity index (χ3n) is 11.0. The largest absolute Gasteiger partial charge is 0.393 e. The Kier molecular flexibility index (Phi) is 6.17. The van der Waals surface area contributed by atoms with Gasteiger partial charge in [-0.1, -0.05) is 53.9 Å². The highest BCUT2D eigenvalue weighted by molar-refractivity contribution is 5.17. The summed E-state index contributed by atoms with van der Waals surface area (Å²) < 4.78 is 0. The molecule has 0 heterocycles. The van der Waals surface area contributed by atoms with E-state index in [2.05, 4.69) is 34.6 Å². The van der Waals surface area contributed by atoms with Crippen molar-refractivity contribution in [3.05, 3.63) is 0 Å². The van der Waals surface area contributed by atoms with Crippen LogP contribution in [0.1, 0.15) is 105 Å². The fourth-order valence-electron chi connectivity index (χ4n) is 9.29. The highest BCUT2D eigenvalue weighted by atomic mass is 16.3. The Morgan fingerprint density at radius 2 is 1.63 bits per heavy atom. The zero-order valence-corrected chi connectivity index (χ0v) is 20.2. The first-order valence-electron chi connectivity index (χ1n) is 13.1. The van der Waals surface area contributed by atoms with Crippen molar-refractivity contribution in [2.24, 2.45) is 46.3 Å². The van der Waals surface area contributed by atoms with Crippen LogP contribution in [-0.2, 0) is 0 Å². The molecule has 3 heteroatoms. The summed E-state index contributed by atoms with van der Waals surface area (Å²) in [5.74, 6) is 4.13. The maximum atomic E-state index is 11.6. The van der Waals surface area contributed by atoms with E-state index in [-0.39, 0.29) is 5.41 Å². The molecule has 0 unspecified atom stereocenters. The third kappa shape index (κ3) is 3.41. The topological polar surface area (TPSA) is 60.7 Å². The summed E-state index contributed by atoms with van der Waals surface area (Å²) in [5.41, 5.74) is -0.962. The molecule has 4 aliphatic rings. The summed E-state index contributed by atoms with van der Waals surface area (Å²) in [6.07, 6.45) is 10.7. The van der Waals surface area contributed by atoms with Crippen LogP contribution in [-0.4, -0.2) is 33.1 Å². The van der Waals surface area contributed by atoms with E-state index in [9.17, 15) is 15.3 Å². The van der Waals surface area contributed by atoms with E-state index in [0.717, 1.165) is 37.0 Å². The van der Waals surface area contributed by atoms with Crippen molar-refractivity contribution in [2.75, 3.05) is 0 Å². The Labute approximate surface area is 185 Å². The van der Waals surface area contributed by atoms with Gasteiger partial charge in [0.05, 0.1) is 17.8 Å². The first-order valence-corrected chi connectivity index (χ1v) is 13.1. The highest BCUT2D eigenvalue weighted by Crippen LogP contribution is 2.69. The Hall–Kier alpha value is -0.120. The molecule has 4 rings (SSSR count). The molecule has 0 spiro atoms. The van der Waals surface area contributed by atoms with Crippen molar-refractivity contribution < 1.29 is 15.3 Å². The lowest BCUT2D eigenvalue weighted by molar-refractivity contribution is -0.264. The molecule has 0 aromatic heterocycles. The van der Waals surface area contributed by atoms with Crippen molar-refractivity contribution in [1.82, 2.24) is 0 Å². The normalized spacial score (nSPS) is 51.9. The molecule has 0 amide bonds. The number of fused-ring (bicyclic) bond motifs is 5. The molecule has 10 atom stereocenters. The van der Waals surface area contributed by atoms with Crippen LogP contribution in [0.3, 0.4) is 0 Å². The van der Waals surface area contributed by atoms with Gasteiger partial charge in [0.25, 0.3) is 0 Å². The average molecular weight is 421 g/mol. The molecule has 3 nitrogen and oxygen atoms in total. The maximum Gasteiger partial charge on any atom is 0.0985 e. The number of hydrogen-bond donors (Lipinski definition) is 3. The number of hydrogen-bond acceptors (Lipinski definition) is 3. The van der Waals surface area contributed by atoms with Crippen LogP contribution in [0.2, 0.25) is 0 Å². The van der Waals surface area contributed by atoms with E-state index in [4.69, 9.17) is 0 Å². The highest BCUT2D eigenvalue weighted by Gasteiger charge is 2.67. The third-order valence-corrected chi connectivity index (χ3v) is 11.0. The minimum atomic E-state index is -1.11. The average Bonchev–Trinajstić information content (AvgIpc) is 3.01. The number of rotatable bonds is 5. The minimum Gasteiger partial charge on any atom is -0.393 e. The Morgan fingerprint density at radius 1 is 0.900 bits per heavy atom. The summed E-state index contributed by atoms with van der Waals surface area (Å²) in [6, 6.07) is 0. The fourth-order valence-corrected chi connectivity index (χ4v) is 9.29. The SMILES string of the molecule is CC(C)CCC[C@@H](C)[C@H]1CC[C@@H]2[C@@H]3C[C@@H](O)[C@@]4(O)C[C@@H](O)CC[C@]4(C)[C@@H]3CC[C@@]21C. The van der Waals surface area contributed by atoms with Crippen LogP contribution in [0, 0.1) is 46.3 Å². The first-order chi connectivity index (χ1) is 14.0. The van der Waals surface area contributed by atoms with Gasteiger partial charge in [0.15, 0.2) is 0 Å². The van der Waals surface area contributed by atoms with Crippen molar-refractivity contribution in [3.8, 4) is 0 Å². The summed E-state index contributed by atoms with van der Waals surface area (Å²) >= 11 is 0. The predicted molar refractivity (Wildman–Crippen MR) is 122 cm³/mol. The van der Waals surface area contributed by atoms with Gasteiger partial charge in [-0.05, 0) is 85.9 Å². The molecular weight excluding hydrogens is 372 g/mol. The number of aliphatic hydroxyl groups excluding tert-OH is 2. The van der Waals surface area contributed by atoms with Gasteiger partial charge < -0.3 is 15.3 Å². The smallest absolute Gasteiger partial charge is 0.0985 e. The van der Waals surface area contributed by atoms with Crippen LogP contribution in [0.4, 0.5) is 0 Å². The molecule has 0 aliphatic heterocycles. The van der Waals surface area contributed by atoms with E-state index < -0.39 is 17.8 Å². The van der Waals surface area contributed by atoms with E-state index in [1.807, 2.05) is 0 Å². The summed E-state index contributed by atoms with van der Waals surface area (Å²) in [5, 5.41) is 33.0. The molecule has 30 heavy (non-hydrogen) atoms. The quantitative estimate of drug-likeness (QED) is 0.546. The van der Waals surface area contributed by atoms with Crippen LogP contribution >= 0.6 is 0 Å². The molecule has 3 N–H and O–H groups in total. The maximum absolute atomic E-state index is 11.6. The molecule has 0 saturated heterocycles. The van der Waals surface area contributed by atoms with Gasteiger partial charge in [0.1, 0.15) is 0 Å². The molecule has 4 aliphatic carbocycles. The monoisotopic (exact) mass is 420 g/mol. The van der Waals surface area contributed by atoms with Crippen molar-refractivity contribution in [1.29, 1.82) is 0 Å². The molecule has 174 valence electrons. The van der Waals surface area contributed by atoms with E-state index in [0.29, 0.717) is 29.6 Å². The van der Waals surface area contributed by atoms with Gasteiger partial charge in [-0.25, -0.2) is 0 Å². The summed E-state index contributed by atoms with van der Waals surface area (Å²) in [4.78, 5) is 0. The summed E-state index contributed by atoms with van der Waals surface area (Å²) in [6.45, 7) is 12.0. The molecule has 4 saturated carbocycles. The van der Waals surface area contributed by atoms with Crippen LogP contribution in [0.5, 0.6) is 0 Å². The molecular formula is C27H48O3. The van der Waals surface area contributed by atoms with Gasteiger partial charge >= 0.3 is 0 Å². The van der Waals surface area contributed by atoms with Gasteiger partial charge in [-0.3, -0.25) is 0 Å². The molecule has 0 bridgehead atoms. The number of aliphatic hydroxyl groups is 3. The van der Waals surface area contributed by atoms with Gasteiger partial charge in [-0.15, -0.1) is 0 Å². The second-order valence-corrected chi connectivity index (χ2v) is 12.9. The lowest BCUT2D eigenvalue weighted by Gasteiger charge is -2.65. The zero-order valence-electron chi connectivity index (χ0n) is 20.2. The van der Waals surface area contributed by atoms with E-state index in [1.54, 1.807) is 0 Å². The standard InChI is InChI=1S/C27H48O3/c1-17(2)7-6-8-18(3)21-9-10-22-20-15-24(29)27(30)16-19(28)11-14-26(27,5)23(20)12-13-25(21,22)4/h17-24,28-30H,6-16H2,1-5H3/t18-,19+,20+,21-,22-,23-,24-,25-,26-,27+/m1/s1. The molecule has 0 aromatic carbocycles. The first kappa shape index (κ1) is 23.1. The zero-order chi connectivity index (χ0) is 21.9. The molecule has 0 aromatic rings. The second-order valence-electron chi connectivity index (χ2n) is 12.9. The lowest BCUT2D eigenvalue weighted by atomic mass is 9.42. The van der Waals surface area contributed by atoms with E-state index >= 15 is 0 Å². The van der Waals surface area contributed by atoms with Crippen LogP contribution in [0.15, 0.2) is 0 Å². The van der Waals surface area contributed by atoms with Crippen molar-refractivity contribution in [2.45, 2.75) is 123 Å². The molecule has 4 fully saturated rings. The van der Waals surface area contributed by atoms with E-state index in [1.165, 1.54) is 44.9 Å². The predicted octanol–water partition coefficient (Wildman–Crippen LogP) is 5.55. The Bertz CT molecular complexity index is 619. The summed E-state index contributed by atoms with van der Waals surface area (Å²) in [7, 11) is 0. The molecule has 0 radical (unpaired) electrons. The van der Waals surface area contributed by atoms with Gasteiger partial charge in [0, 0.05) is 11.8 Å². The van der Waals surface area contributed by atoms with Crippen LogP contribution in [0.25, 0.3) is 0 Å². The van der Waals surface area contributed by atoms with Crippen molar-refractivity contribution >= 4 is 0 Å². The second kappa shape index (κ2) is 8.03. The van der Waals surface area contributed by atoms with Gasteiger partial charge in [0.2, 0.25) is 0 Å². The Balaban J connectivity index is 1.53. The fraction of sp³-hybridized carbons (Fsp3) is 1.00. The van der Waals surface area contributed by atoms with Gasteiger partial charge in [-0.2, -0.15) is 0 Å². The minimum absolute atomic E-state index is 0.253. The van der Waals surface area contributed by atoms with Crippen LogP contribution < -0.4 is 0 Å². The van der Waals surface area contributed by atoms with Crippen molar-refractivity contribution in [3.63, 3.8) is 0 Å². The lowest BCUT2D eigenvalue weighted by Crippen LogP contribution is -2.68.